The van der Waals surface area contributed by atoms with E-state index in [2.05, 4.69) is 34.3 Å². The van der Waals surface area contributed by atoms with Crippen LogP contribution in [0.1, 0.15) is 22.2 Å². The second-order valence-corrected chi connectivity index (χ2v) is 6.28. The third-order valence-electron chi connectivity index (χ3n) is 3.67. The lowest BCUT2D eigenvalue weighted by atomic mass is 10.2. The van der Waals surface area contributed by atoms with Crippen LogP contribution in [0.5, 0.6) is 0 Å². The first-order chi connectivity index (χ1) is 11.8. The van der Waals surface area contributed by atoms with Gasteiger partial charge < -0.3 is 10.2 Å². The minimum absolute atomic E-state index is 0.101. The van der Waals surface area contributed by atoms with Crippen LogP contribution in [0, 0.1) is 0 Å². The highest BCUT2D eigenvalue weighted by Gasteiger charge is 2.09. The number of thiophene rings is 1. The molecule has 0 aliphatic carbocycles. The summed E-state index contributed by atoms with van der Waals surface area (Å²) in [4.78, 5) is 19.4. The molecule has 1 amide bonds. The zero-order valence-corrected chi connectivity index (χ0v) is 14.3. The lowest BCUT2D eigenvalue weighted by Crippen LogP contribution is -2.23. The Hall–Kier alpha value is -2.66. The summed E-state index contributed by atoms with van der Waals surface area (Å²) in [6.07, 6.45) is 1.70. The maximum Gasteiger partial charge on any atom is 0.265 e. The molecule has 3 rings (SSSR count). The molecule has 0 atom stereocenters. The minimum Gasteiger partial charge on any atom is -0.353 e. The fourth-order valence-corrected chi connectivity index (χ4v) is 3.03. The van der Waals surface area contributed by atoms with E-state index >= 15 is 0 Å². The van der Waals surface area contributed by atoms with E-state index in [1.54, 1.807) is 12.3 Å². The van der Waals surface area contributed by atoms with Gasteiger partial charge in [-0.25, -0.2) is 4.98 Å². The molecule has 5 heteroatoms. The number of nitrogens with zero attached hydrogens (tertiary/aromatic N) is 2. The molecule has 122 valence electrons. The van der Waals surface area contributed by atoms with Gasteiger partial charge in [-0.3, -0.25) is 4.79 Å². The average molecular weight is 337 g/mol. The molecule has 0 radical (unpaired) electrons. The molecule has 1 aromatic carbocycles. The molecule has 0 unspecified atom stereocenters. The SMILES string of the molecule is CCN(Cc1ccccc1)c1ccc(NC(=O)c2cccs2)cn1. The Morgan fingerprint density at radius 1 is 1.12 bits per heavy atom. The third kappa shape index (κ3) is 4.00. The Morgan fingerprint density at radius 2 is 1.96 bits per heavy atom. The van der Waals surface area contributed by atoms with Crippen LogP contribution >= 0.6 is 11.3 Å². The number of pyridine rings is 1. The summed E-state index contributed by atoms with van der Waals surface area (Å²) in [5.41, 5.74) is 1.95. The molecule has 0 saturated heterocycles. The molecule has 1 N–H and O–H groups in total. The van der Waals surface area contributed by atoms with Crippen LogP contribution in [0.4, 0.5) is 11.5 Å². The maximum absolute atomic E-state index is 12.1. The Kier molecular flexibility index (Phi) is 5.23. The molecule has 0 spiro atoms. The Labute approximate surface area is 145 Å². The van der Waals surface area contributed by atoms with Gasteiger partial charge in [0.25, 0.3) is 5.91 Å². The maximum atomic E-state index is 12.1. The van der Waals surface area contributed by atoms with Crippen molar-refractivity contribution < 1.29 is 4.79 Å². The summed E-state index contributed by atoms with van der Waals surface area (Å²) in [5, 5.41) is 4.76. The predicted molar refractivity (Wildman–Crippen MR) is 99.7 cm³/mol. The number of amides is 1. The van der Waals surface area contributed by atoms with Crippen molar-refractivity contribution in [3.63, 3.8) is 0 Å². The Morgan fingerprint density at radius 3 is 2.58 bits per heavy atom. The molecule has 0 aliphatic rings. The number of nitrogens with one attached hydrogen (secondary N) is 1. The molecular formula is C19H19N3OS. The Balaban J connectivity index is 1.67. The number of carbonyl (C=O) groups excluding carboxylic acids is 1. The number of hydrogen-bond donors (Lipinski definition) is 1. The quantitative estimate of drug-likeness (QED) is 0.724. The van der Waals surface area contributed by atoms with Crippen molar-refractivity contribution in [2.75, 3.05) is 16.8 Å². The van der Waals surface area contributed by atoms with Crippen LogP contribution in [0.15, 0.2) is 66.2 Å². The zero-order valence-electron chi connectivity index (χ0n) is 13.5. The molecule has 0 bridgehead atoms. The Bertz CT molecular complexity index is 770. The van der Waals surface area contributed by atoms with Gasteiger partial charge in [-0.1, -0.05) is 36.4 Å². The van der Waals surface area contributed by atoms with E-state index in [1.165, 1.54) is 16.9 Å². The fraction of sp³-hybridized carbons (Fsp3) is 0.158. The topological polar surface area (TPSA) is 45.2 Å². The average Bonchev–Trinajstić information content (AvgIpc) is 3.16. The van der Waals surface area contributed by atoms with Gasteiger partial charge in [0.2, 0.25) is 0 Å². The largest absolute Gasteiger partial charge is 0.353 e. The second-order valence-electron chi connectivity index (χ2n) is 5.34. The lowest BCUT2D eigenvalue weighted by molar-refractivity contribution is 0.103. The van der Waals surface area contributed by atoms with E-state index in [1.807, 2.05) is 41.8 Å². The lowest BCUT2D eigenvalue weighted by Gasteiger charge is -2.22. The molecule has 4 nitrogen and oxygen atoms in total. The first kappa shape index (κ1) is 16.2. The summed E-state index contributed by atoms with van der Waals surface area (Å²) < 4.78 is 0. The monoisotopic (exact) mass is 337 g/mol. The van der Waals surface area contributed by atoms with E-state index in [4.69, 9.17) is 0 Å². The summed E-state index contributed by atoms with van der Waals surface area (Å²) >= 11 is 1.42. The first-order valence-electron chi connectivity index (χ1n) is 7.86. The van der Waals surface area contributed by atoms with Crippen LogP contribution in [0.2, 0.25) is 0 Å². The predicted octanol–water partition coefficient (Wildman–Crippen LogP) is 4.42. The third-order valence-corrected chi connectivity index (χ3v) is 4.54. The highest BCUT2D eigenvalue weighted by Crippen LogP contribution is 2.18. The van der Waals surface area contributed by atoms with Gasteiger partial charge in [0.05, 0.1) is 16.8 Å². The van der Waals surface area contributed by atoms with Crippen LogP contribution in [0.3, 0.4) is 0 Å². The van der Waals surface area contributed by atoms with Gasteiger partial charge in [0.15, 0.2) is 0 Å². The standard InChI is InChI=1S/C19H19N3OS/c1-2-22(14-15-7-4-3-5-8-15)18-11-10-16(13-20-18)21-19(23)17-9-6-12-24-17/h3-13H,2,14H2,1H3,(H,21,23). The zero-order chi connectivity index (χ0) is 16.8. The fourth-order valence-electron chi connectivity index (χ4n) is 2.41. The first-order valence-corrected chi connectivity index (χ1v) is 8.74. The molecule has 2 heterocycles. The van der Waals surface area contributed by atoms with E-state index < -0.39 is 0 Å². The van der Waals surface area contributed by atoms with Gasteiger partial charge in [0.1, 0.15) is 5.82 Å². The molecule has 0 aliphatic heterocycles. The normalized spacial score (nSPS) is 10.4. The van der Waals surface area contributed by atoms with Crippen LogP contribution < -0.4 is 10.2 Å². The van der Waals surface area contributed by atoms with E-state index in [0.29, 0.717) is 10.6 Å². The van der Waals surface area contributed by atoms with E-state index in [9.17, 15) is 4.79 Å². The number of hydrogen-bond acceptors (Lipinski definition) is 4. The molecule has 2 aromatic heterocycles. The summed E-state index contributed by atoms with van der Waals surface area (Å²) in [6, 6.07) is 17.8. The summed E-state index contributed by atoms with van der Waals surface area (Å²) in [7, 11) is 0. The van der Waals surface area contributed by atoms with Crippen molar-refractivity contribution in [3.05, 3.63) is 76.6 Å². The summed E-state index contributed by atoms with van der Waals surface area (Å²) in [6.45, 7) is 3.78. The molecule has 3 aromatic rings. The van der Waals surface area contributed by atoms with Crippen molar-refractivity contribution in [2.45, 2.75) is 13.5 Å². The smallest absolute Gasteiger partial charge is 0.265 e. The highest BCUT2D eigenvalue weighted by molar-refractivity contribution is 7.12. The number of anilines is 2. The number of benzene rings is 1. The van der Waals surface area contributed by atoms with Crippen molar-refractivity contribution in [2.24, 2.45) is 0 Å². The van der Waals surface area contributed by atoms with Gasteiger partial charge in [-0.05, 0) is 36.1 Å². The second kappa shape index (κ2) is 7.75. The van der Waals surface area contributed by atoms with Crippen LogP contribution in [-0.4, -0.2) is 17.4 Å². The van der Waals surface area contributed by atoms with Gasteiger partial charge in [0, 0.05) is 13.1 Å². The molecule has 0 saturated carbocycles. The van der Waals surface area contributed by atoms with Gasteiger partial charge in [-0.15, -0.1) is 11.3 Å². The van der Waals surface area contributed by atoms with Crippen LogP contribution in [0.25, 0.3) is 0 Å². The molecular weight excluding hydrogens is 318 g/mol. The van der Waals surface area contributed by atoms with Crippen LogP contribution in [-0.2, 0) is 6.54 Å². The highest BCUT2D eigenvalue weighted by atomic mass is 32.1. The minimum atomic E-state index is -0.101. The number of aromatic nitrogens is 1. The number of rotatable bonds is 6. The van der Waals surface area contributed by atoms with Gasteiger partial charge in [-0.2, -0.15) is 0 Å². The van der Waals surface area contributed by atoms with Crippen molar-refractivity contribution in [1.82, 2.24) is 4.98 Å². The molecule has 0 fully saturated rings. The molecule has 24 heavy (non-hydrogen) atoms. The van der Waals surface area contributed by atoms with E-state index in [-0.39, 0.29) is 5.91 Å². The van der Waals surface area contributed by atoms with Crippen molar-refractivity contribution in [3.8, 4) is 0 Å². The van der Waals surface area contributed by atoms with Gasteiger partial charge >= 0.3 is 0 Å². The number of carbonyl (C=O) groups is 1. The summed E-state index contributed by atoms with van der Waals surface area (Å²) in [5.74, 6) is 0.798. The van der Waals surface area contributed by atoms with Crippen molar-refractivity contribution >= 4 is 28.7 Å². The van der Waals surface area contributed by atoms with Crippen molar-refractivity contribution in [1.29, 1.82) is 0 Å². The van der Waals surface area contributed by atoms with E-state index in [0.717, 1.165) is 18.9 Å².